The quantitative estimate of drug-likeness (QED) is 0.686. The molecule has 0 unspecified atom stereocenters. The van der Waals surface area contributed by atoms with Crippen molar-refractivity contribution in [3.8, 4) is 0 Å². The molecule has 0 bridgehead atoms. The lowest BCUT2D eigenvalue weighted by atomic mass is 9.92. The maximum atomic E-state index is 9.10. The van der Waals surface area contributed by atoms with Gasteiger partial charge in [0.15, 0.2) is 0 Å². The molecule has 0 aliphatic carbocycles. The summed E-state index contributed by atoms with van der Waals surface area (Å²) >= 11 is 3.45. The highest BCUT2D eigenvalue weighted by molar-refractivity contribution is 9.10. The predicted octanol–water partition coefficient (Wildman–Crippen LogP) is 2.07. The van der Waals surface area contributed by atoms with Crippen LogP contribution < -0.4 is 5.32 Å². The Morgan fingerprint density at radius 3 is 2.16 bits per heavy atom. The van der Waals surface area contributed by atoms with Crippen molar-refractivity contribution in [3.63, 3.8) is 0 Å². The number of piperidine rings is 1. The molecule has 6 heteroatoms. The van der Waals surface area contributed by atoms with E-state index in [2.05, 4.69) is 45.5 Å². The van der Waals surface area contributed by atoms with Crippen molar-refractivity contribution >= 4 is 27.9 Å². The van der Waals surface area contributed by atoms with Gasteiger partial charge >= 0.3 is 11.9 Å². The van der Waals surface area contributed by atoms with Gasteiger partial charge in [0.05, 0.1) is 0 Å². The molecule has 5 nitrogen and oxygen atoms in total. The third kappa shape index (κ3) is 5.85. The molecule has 104 valence electrons. The third-order valence-electron chi connectivity index (χ3n) is 2.82. The van der Waals surface area contributed by atoms with E-state index in [0.717, 1.165) is 12.5 Å². The summed E-state index contributed by atoms with van der Waals surface area (Å²) in [6.07, 6.45) is 2.63. The van der Waals surface area contributed by atoms with Crippen molar-refractivity contribution in [3.05, 3.63) is 34.3 Å². The zero-order chi connectivity index (χ0) is 14.3. The van der Waals surface area contributed by atoms with E-state index in [0.29, 0.717) is 0 Å². The second-order valence-electron chi connectivity index (χ2n) is 4.21. The number of aliphatic carboxylic acids is 2. The SMILES string of the molecule is Brc1ccc([C@@H]2CCCNC2)cc1.O=C(O)C(=O)O. The van der Waals surface area contributed by atoms with E-state index in [4.69, 9.17) is 19.8 Å². The van der Waals surface area contributed by atoms with E-state index in [1.54, 1.807) is 0 Å². The number of benzene rings is 1. The van der Waals surface area contributed by atoms with Crippen molar-refractivity contribution in [2.24, 2.45) is 0 Å². The van der Waals surface area contributed by atoms with E-state index < -0.39 is 11.9 Å². The van der Waals surface area contributed by atoms with Crippen LogP contribution in [0.4, 0.5) is 0 Å². The molecule has 1 aliphatic rings. The van der Waals surface area contributed by atoms with Gasteiger partial charge in [-0.15, -0.1) is 0 Å². The van der Waals surface area contributed by atoms with Crippen LogP contribution in [-0.2, 0) is 9.59 Å². The fraction of sp³-hybridized carbons (Fsp3) is 0.385. The number of carbonyl (C=O) groups is 2. The Hall–Kier alpha value is -1.40. The molecule has 1 heterocycles. The smallest absolute Gasteiger partial charge is 0.414 e. The first-order valence-corrected chi connectivity index (χ1v) is 6.72. The molecule has 0 amide bonds. The van der Waals surface area contributed by atoms with Crippen molar-refractivity contribution in [2.45, 2.75) is 18.8 Å². The molecule has 19 heavy (non-hydrogen) atoms. The van der Waals surface area contributed by atoms with Crippen molar-refractivity contribution < 1.29 is 19.8 Å². The summed E-state index contributed by atoms with van der Waals surface area (Å²) in [7, 11) is 0. The maximum absolute atomic E-state index is 9.10. The number of carboxylic acids is 2. The minimum Gasteiger partial charge on any atom is -0.473 e. The molecule has 2 rings (SSSR count). The second-order valence-corrected chi connectivity index (χ2v) is 5.12. The average molecular weight is 330 g/mol. The third-order valence-corrected chi connectivity index (χ3v) is 3.35. The summed E-state index contributed by atoms with van der Waals surface area (Å²) in [4.78, 5) is 18.2. The zero-order valence-corrected chi connectivity index (χ0v) is 11.9. The van der Waals surface area contributed by atoms with Crippen molar-refractivity contribution in [1.29, 1.82) is 0 Å². The summed E-state index contributed by atoms with van der Waals surface area (Å²) in [6.45, 7) is 2.33. The molecule has 1 saturated heterocycles. The maximum Gasteiger partial charge on any atom is 0.414 e. The summed E-state index contributed by atoms with van der Waals surface area (Å²) in [5.74, 6) is -2.92. The van der Waals surface area contributed by atoms with Crippen LogP contribution >= 0.6 is 15.9 Å². The van der Waals surface area contributed by atoms with E-state index in [-0.39, 0.29) is 0 Å². The first kappa shape index (κ1) is 15.7. The van der Waals surface area contributed by atoms with Crippen LogP contribution in [0.25, 0.3) is 0 Å². The molecule has 0 radical (unpaired) electrons. The van der Waals surface area contributed by atoms with Crippen LogP contribution in [0.1, 0.15) is 24.3 Å². The lowest BCUT2D eigenvalue weighted by Gasteiger charge is -2.22. The van der Waals surface area contributed by atoms with Gasteiger partial charge in [0.25, 0.3) is 0 Å². The van der Waals surface area contributed by atoms with Crippen molar-refractivity contribution in [2.75, 3.05) is 13.1 Å². The molecule has 1 aromatic carbocycles. The molecule has 0 saturated carbocycles. The molecule has 1 atom stereocenters. The Morgan fingerprint density at radius 1 is 1.16 bits per heavy atom. The van der Waals surface area contributed by atoms with Gasteiger partial charge in [-0.2, -0.15) is 0 Å². The van der Waals surface area contributed by atoms with Gasteiger partial charge in [0.1, 0.15) is 0 Å². The van der Waals surface area contributed by atoms with E-state index in [1.165, 1.54) is 29.4 Å². The average Bonchev–Trinajstić information content (AvgIpc) is 2.41. The minimum absolute atomic E-state index is 0.724. The zero-order valence-electron chi connectivity index (χ0n) is 10.3. The number of halogens is 1. The van der Waals surface area contributed by atoms with Crippen LogP contribution in [0, 0.1) is 0 Å². The predicted molar refractivity (Wildman–Crippen MR) is 74.3 cm³/mol. The monoisotopic (exact) mass is 329 g/mol. The lowest BCUT2D eigenvalue weighted by molar-refractivity contribution is -0.159. The fourth-order valence-electron chi connectivity index (χ4n) is 1.87. The first-order chi connectivity index (χ1) is 9.00. The highest BCUT2D eigenvalue weighted by Crippen LogP contribution is 2.24. The van der Waals surface area contributed by atoms with E-state index >= 15 is 0 Å². The van der Waals surface area contributed by atoms with Crippen LogP contribution in [0.5, 0.6) is 0 Å². The summed E-state index contributed by atoms with van der Waals surface area (Å²) in [5.41, 5.74) is 1.47. The molecular formula is C13H16BrNO4. The number of carboxylic acid groups (broad SMARTS) is 2. The number of hydrogen-bond acceptors (Lipinski definition) is 3. The highest BCUT2D eigenvalue weighted by atomic mass is 79.9. The Bertz CT molecular complexity index is 415. The molecule has 0 spiro atoms. The summed E-state index contributed by atoms with van der Waals surface area (Å²) in [6, 6.07) is 8.71. The molecular weight excluding hydrogens is 314 g/mol. The molecule has 3 N–H and O–H groups in total. The molecule has 1 aliphatic heterocycles. The lowest BCUT2D eigenvalue weighted by Crippen LogP contribution is -2.28. The normalized spacial score (nSPS) is 18.1. The van der Waals surface area contributed by atoms with Gasteiger partial charge in [0.2, 0.25) is 0 Å². The van der Waals surface area contributed by atoms with Crippen LogP contribution in [0.15, 0.2) is 28.7 Å². The van der Waals surface area contributed by atoms with Gasteiger partial charge in [0, 0.05) is 11.0 Å². The second kappa shape index (κ2) is 7.91. The Balaban J connectivity index is 0.000000258. The Labute approximate surface area is 119 Å². The number of nitrogens with one attached hydrogen (secondary N) is 1. The van der Waals surface area contributed by atoms with Crippen molar-refractivity contribution in [1.82, 2.24) is 5.32 Å². The number of hydrogen-bond donors (Lipinski definition) is 3. The largest absolute Gasteiger partial charge is 0.473 e. The molecule has 1 aromatic rings. The topological polar surface area (TPSA) is 86.6 Å². The molecule has 1 fully saturated rings. The summed E-state index contributed by atoms with van der Waals surface area (Å²) < 4.78 is 1.17. The van der Waals surface area contributed by atoms with E-state index in [9.17, 15) is 0 Å². The van der Waals surface area contributed by atoms with Crippen LogP contribution in [0.2, 0.25) is 0 Å². The van der Waals surface area contributed by atoms with Gasteiger partial charge in [-0.05, 0) is 43.0 Å². The number of rotatable bonds is 1. The van der Waals surface area contributed by atoms with Gasteiger partial charge in [-0.3, -0.25) is 0 Å². The van der Waals surface area contributed by atoms with Crippen LogP contribution in [0.3, 0.4) is 0 Å². The minimum atomic E-state index is -1.82. The first-order valence-electron chi connectivity index (χ1n) is 5.93. The standard InChI is InChI=1S/C11H14BrN.C2H2O4/c12-11-5-3-9(4-6-11)10-2-1-7-13-8-10;3-1(4)2(5)6/h3-6,10,13H,1-2,7-8H2;(H,3,4)(H,5,6)/t10-;/m1./s1. The Morgan fingerprint density at radius 2 is 1.74 bits per heavy atom. The molecule has 0 aromatic heterocycles. The van der Waals surface area contributed by atoms with Gasteiger partial charge in [-0.1, -0.05) is 28.1 Å². The van der Waals surface area contributed by atoms with E-state index in [1.807, 2.05) is 0 Å². The summed E-state index contributed by atoms with van der Waals surface area (Å²) in [5, 5.41) is 18.2. The van der Waals surface area contributed by atoms with Gasteiger partial charge in [-0.25, -0.2) is 9.59 Å². The fourth-order valence-corrected chi connectivity index (χ4v) is 2.14. The van der Waals surface area contributed by atoms with Crippen LogP contribution in [-0.4, -0.2) is 35.2 Å². The Kier molecular flexibility index (Phi) is 6.52. The van der Waals surface area contributed by atoms with Gasteiger partial charge < -0.3 is 15.5 Å². The highest BCUT2D eigenvalue weighted by Gasteiger charge is 2.14.